The second kappa shape index (κ2) is 41.5. The van der Waals surface area contributed by atoms with Gasteiger partial charge in [0.05, 0.1) is 19.8 Å². The summed E-state index contributed by atoms with van der Waals surface area (Å²) in [6.45, 7) is 4.50. The average molecular weight is 835 g/mol. The molecule has 1 fully saturated rings. The van der Waals surface area contributed by atoms with E-state index in [1.807, 2.05) is 0 Å². The zero-order valence-electron chi connectivity index (χ0n) is 37.7. The molecule has 59 heavy (non-hydrogen) atoms. The fraction of sp³-hybridized carbons (Fsp3) is 0.820. The van der Waals surface area contributed by atoms with Gasteiger partial charge in [-0.15, -0.1) is 0 Å². The number of carbonyl (C=O) groups excluding carboxylic acids is 1. The molecule has 4 N–H and O–H groups in total. The zero-order valence-corrected chi connectivity index (χ0v) is 37.7. The van der Waals surface area contributed by atoms with Crippen LogP contribution in [-0.4, -0.2) is 89.6 Å². The fourth-order valence-corrected chi connectivity index (χ4v) is 7.14. The van der Waals surface area contributed by atoms with Gasteiger partial charge in [0.25, 0.3) is 0 Å². The third kappa shape index (κ3) is 32.5. The van der Waals surface area contributed by atoms with Crippen LogP contribution in [0.4, 0.5) is 0 Å². The third-order valence-corrected chi connectivity index (χ3v) is 11.0. The van der Waals surface area contributed by atoms with Crippen LogP contribution in [0.1, 0.15) is 200 Å². The highest BCUT2D eigenvalue weighted by Gasteiger charge is 2.44. The number of aliphatic hydroxyl groups is 4. The van der Waals surface area contributed by atoms with Gasteiger partial charge in [-0.25, -0.2) is 0 Å². The molecular formula is C50H90O9. The van der Waals surface area contributed by atoms with Gasteiger partial charge in [-0.2, -0.15) is 0 Å². The fourth-order valence-electron chi connectivity index (χ4n) is 7.14. The molecule has 1 aliphatic heterocycles. The molecule has 0 aromatic heterocycles. The van der Waals surface area contributed by atoms with Crippen molar-refractivity contribution in [1.82, 2.24) is 0 Å². The molecule has 0 bridgehead atoms. The van der Waals surface area contributed by atoms with Crippen molar-refractivity contribution in [3.8, 4) is 0 Å². The molecule has 0 amide bonds. The Hall–Kier alpha value is -1.85. The van der Waals surface area contributed by atoms with Gasteiger partial charge in [-0.3, -0.25) is 4.79 Å². The lowest BCUT2D eigenvalue weighted by Crippen LogP contribution is -2.59. The summed E-state index contributed by atoms with van der Waals surface area (Å²) in [6, 6.07) is 0. The smallest absolute Gasteiger partial charge is 0.306 e. The lowest BCUT2D eigenvalue weighted by molar-refractivity contribution is -0.305. The van der Waals surface area contributed by atoms with E-state index in [2.05, 4.69) is 62.5 Å². The highest BCUT2D eigenvalue weighted by Crippen LogP contribution is 2.22. The van der Waals surface area contributed by atoms with E-state index in [-0.39, 0.29) is 19.2 Å². The normalized spacial score (nSPS) is 20.5. The van der Waals surface area contributed by atoms with E-state index in [9.17, 15) is 25.2 Å². The summed E-state index contributed by atoms with van der Waals surface area (Å²) in [5, 5.41) is 40.2. The maximum absolute atomic E-state index is 12.8. The quantitative estimate of drug-likeness (QED) is 0.0270. The zero-order chi connectivity index (χ0) is 42.9. The second-order valence-corrected chi connectivity index (χ2v) is 16.6. The van der Waals surface area contributed by atoms with Crippen LogP contribution < -0.4 is 0 Å². The summed E-state index contributed by atoms with van der Waals surface area (Å²) < 4.78 is 22.8. The predicted octanol–water partition coefficient (Wildman–Crippen LogP) is 11.3. The van der Waals surface area contributed by atoms with Crippen LogP contribution in [0.15, 0.2) is 48.6 Å². The molecular weight excluding hydrogens is 745 g/mol. The summed E-state index contributed by atoms with van der Waals surface area (Å²) in [5.41, 5.74) is 0. The Balaban J connectivity index is 2.24. The first-order chi connectivity index (χ1) is 28.9. The Morgan fingerprint density at radius 2 is 0.983 bits per heavy atom. The number of ether oxygens (including phenoxy) is 4. The molecule has 0 aromatic rings. The number of rotatable bonds is 41. The maximum Gasteiger partial charge on any atom is 0.306 e. The monoisotopic (exact) mass is 835 g/mol. The number of unbranched alkanes of at least 4 members (excludes halogenated alkanes) is 22. The number of carbonyl (C=O) groups is 1. The molecule has 1 rings (SSSR count). The van der Waals surface area contributed by atoms with Crippen LogP contribution in [0.5, 0.6) is 0 Å². The van der Waals surface area contributed by atoms with E-state index in [0.29, 0.717) is 13.0 Å². The Kier molecular flexibility index (Phi) is 38.8. The summed E-state index contributed by atoms with van der Waals surface area (Å²) in [6.07, 6.45) is 44.2. The topological polar surface area (TPSA) is 135 Å². The van der Waals surface area contributed by atoms with Crippen molar-refractivity contribution in [2.75, 3.05) is 26.4 Å². The molecule has 0 aromatic carbocycles. The first-order valence-corrected chi connectivity index (χ1v) is 24.2. The van der Waals surface area contributed by atoms with Gasteiger partial charge in [0, 0.05) is 13.0 Å². The highest BCUT2D eigenvalue weighted by molar-refractivity contribution is 5.69. The third-order valence-electron chi connectivity index (χ3n) is 11.0. The van der Waals surface area contributed by atoms with Gasteiger partial charge in [0.15, 0.2) is 6.29 Å². The van der Waals surface area contributed by atoms with Crippen molar-refractivity contribution in [2.45, 2.75) is 237 Å². The molecule has 0 saturated carbocycles. The highest BCUT2D eigenvalue weighted by atomic mass is 16.7. The predicted molar refractivity (Wildman–Crippen MR) is 242 cm³/mol. The van der Waals surface area contributed by atoms with Crippen molar-refractivity contribution < 1.29 is 44.2 Å². The van der Waals surface area contributed by atoms with E-state index in [1.54, 1.807) is 0 Å². The summed E-state index contributed by atoms with van der Waals surface area (Å²) in [5.74, 6) is -0.328. The summed E-state index contributed by atoms with van der Waals surface area (Å²) >= 11 is 0. The Morgan fingerprint density at radius 3 is 1.49 bits per heavy atom. The number of hydrogen-bond donors (Lipinski definition) is 4. The second-order valence-electron chi connectivity index (χ2n) is 16.6. The van der Waals surface area contributed by atoms with Crippen LogP contribution in [-0.2, 0) is 23.7 Å². The van der Waals surface area contributed by atoms with Crippen LogP contribution in [0.25, 0.3) is 0 Å². The van der Waals surface area contributed by atoms with Crippen molar-refractivity contribution in [3.63, 3.8) is 0 Å². The maximum atomic E-state index is 12.8. The molecule has 9 nitrogen and oxygen atoms in total. The van der Waals surface area contributed by atoms with Gasteiger partial charge in [0.2, 0.25) is 0 Å². The molecule has 344 valence electrons. The van der Waals surface area contributed by atoms with E-state index in [4.69, 9.17) is 18.9 Å². The molecule has 6 atom stereocenters. The van der Waals surface area contributed by atoms with Crippen LogP contribution >= 0.6 is 0 Å². The standard InChI is InChI=1S/C50H90O9/c1-3-5-7-9-11-13-15-17-19-21-22-23-24-26-28-30-32-34-36-38-40-56-42-44(43-57-50-49(55)48(54)47(53)45(41-51)59-50)58-46(52)39-37-35-33-31-29-27-25-20-18-16-14-12-10-8-6-4-2/h11,13-14,16-17,19-20,25,44-45,47-51,53-55H,3-10,12,15,18,21-24,26-43H2,1-2H3/b13-11-,16-14-,19-17-,25-20-. The first kappa shape index (κ1) is 55.2. The van der Waals surface area contributed by atoms with Crippen molar-refractivity contribution >= 4 is 5.97 Å². The molecule has 0 spiro atoms. The number of esters is 1. The van der Waals surface area contributed by atoms with Crippen LogP contribution in [0, 0.1) is 0 Å². The van der Waals surface area contributed by atoms with Crippen molar-refractivity contribution in [3.05, 3.63) is 48.6 Å². The minimum atomic E-state index is -1.54. The van der Waals surface area contributed by atoms with E-state index < -0.39 is 43.4 Å². The molecule has 9 heteroatoms. The molecule has 1 heterocycles. The van der Waals surface area contributed by atoms with E-state index in [0.717, 1.165) is 64.2 Å². The van der Waals surface area contributed by atoms with Crippen LogP contribution in [0.3, 0.4) is 0 Å². The van der Waals surface area contributed by atoms with E-state index >= 15 is 0 Å². The number of hydrogen-bond acceptors (Lipinski definition) is 9. The molecule has 0 aliphatic carbocycles. The van der Waals surface area contributed by atoms with Crippen molar-refractivity contribution in [2.24, 2.45) is 0 Å². The average Bonchev–Trinajstić information content (AvgIpc) is 3.24. The lowest BCUT2D eigenvalue weighted by Gasteiger charge is -2.39. The van der Waals surface area contributed by atoms with Crippen molar-refractivity contribution in [1.29, 1.82) is 0 Å². The first-order valence-electron chi connectivity index (χ1n) is 24.2. The lowest BCUT2D eigenvalue weighted by atomic mass is 9.99. The van der Waals surface area contributed by atoms with E-state index in [1.165, 1.54) is 116 Å². The molecule has 1 aliphatic rings. The van der Waals surface area contributed by atoms with Gasteiger partial charge in [-0.05, 0) is 77.0 Å². The number of allylic oxidation sites excluding steroid dienone is 8. The minimum Gasteiger partial charge on any atom is -0.457 e. The molecule has 0 radical (unpaired) electrons. The molecule has 1 saturated heterocycles. The van der Waals surface area contributed by atoms with Gasteiger partial charge in [0.1, 0.15) is 30.5 Å². The van der Waals surface area contributed by atoms with Gasteiger partial charge < -0.3 is 39.4 Å². The van der Waals surface area contributed by atoms with Gasteiger partial charge >= 0.3 is 5.97 Å². The minimum absolute atomic E-state index is 0.121. The Labute approximate surface area is 361 Å². The van der Waals surface area contributed by atoms with Gasteiger partial charge in [-0.1, -0.05) is 165 Å². The largest absolute Gasteiger partial charge is 0.457 e. The number of aliphatic hydroxyl groups excluding tert-OH is 4. The Morgan fingerprint density at radius 1 is 0.542 bits per heavy atom. The summed E-state index contributed by atoms with van der Waals surface area (Å²) in [7, 11) is 0. The van der Waals surface area contributed by atoms with Crippen LogP contribution in [0.2, 0.25) is 0 Å². The summed E-state index contributed by atoms with van der Waals surface area (Å²) in [4.78, 5) is 12.8. The molecule has 6 unspecified atom stereocenters. The SMILES string of the molecule is CCCCC/C=C\C/C=C\CCCCCCCCCCCCOCC(COC1OC(CO)C(O)C(O)C1O)OC(=O)CCCCCCC/C=C\C/C=C\CCCCCC. The Bertz CT molecular complexity index is 1040.